The molecule has 0 spiro atoms. The van der Waals surface area contributed by atoms with Crippen LogP contribution in [0.2, 0.25) is 38.3 Å². The summed E-state index contributed by atoms with van der Waals surface area (Å²) in [4.78, 5) is 0. The molecule has 0 amide bonds. The summed E-state index contributed by atoms with van der Waals surface area (Å²) < 4.78 is 24.1. The van der Waals surface area contributed by atoms with E-state index in [1.807, 2.05) is 26.5 Å². The van der Waals surface area contributed by atoms with Crippen LogP contribution >= 0.6 is 0 Å². The van der Waals surface area contributed by atoms with Crippen molar-refractivity contribution in [1.29, 1.82) is 0 Å². The molecule has 0 heterocycles. The van der Waals surface area contributed by atoms with E-state index >= 15 is 0 Å². The van der Waals surface area contributed by atoms with Gasteiger partial charge in [0.25, 0.3) is 0 Å². The molecule has 0 aliphatic rings. The SMILES string of the molecule is C=C[Si](C)(C)O[Si](C)(C)CCC[Si](OCC)(OCC)OCC. The summed E-state index contributed by atoms with van der Waals surface area (Å²) in [7, 11) is -5.90. The van der Waals surface area contributed by atoms with Crippen LogP contribution in [0, 0.1) is 0 Å². The summed E-state index contributed by atoms with van der Waals surface area (Å²) in [6.07, 6.45) is 1.03. The van der Waals surface area contributed by atoms with Crippen molar-refractivity contribution < 1.29 is 17.4 Å². The Balaban J connectivity index is 4.61. The van der Waals surface area contributed by atoms with Gasteiger partial charge in [0.15, 0.2) is 16.6 Å². The van der Waals surface area contributed by atoms with Crippen molar-refractivity contribution in [2.75, 3.05) is 19.8 Å². The van der Waals surface area contributed by atoms with Gasteiger partial charge in [-0.15, -0.1) is 6.58 Å². The third-order valence-electron chi connectivity index (χ3n) is 3.39. The van der Waals surface area contributed by atoms with E-state index < -0.39 is 25.4 Å². The smallest absolute Gasteiger partial charge is 0.453 e. The van der Waals surface area contributed by atoms with E-state index in [-0.39, 0.29) is 0 Å². The molecule has 0 unspecified atom stereocenters. The Labute approximate surface area is 140 Å². The minimum Gasteiger partial charge on any atom is -0.453 e. The van der Waals surface area contributed by atoms with Crippen LogP contribution in [-0.2, 0) is 17.4 Å². The molecular formula is C15H36O4Si3. The van der Waals surface area contributed by atoms with Gasteiger partial charge in [-0.1, -0.05) is 5.70 Å². The number of hydrogen-bond donors (Lipinski definition) is 0. The van der Waals surface area contributed by atoms with E-state index in [9.17, 15) is 0 Å². The highest BCUT2D eigenvalue weighted by Crippen LogP contribution is 2.25. The fraction of sp³-hybridized carbons (Fsp3) is 0.867. The molecule has 0 saturated heterocycles. The Hall–Kier alpha value is 0.231. The maximum atomic E-state index is 6.42. The maximum Gasteiger partial charge on any atom is 0.500 e. The summed E-state index contributed by atoms with van der Waals surface area (Å²) in [6, 6.07) is 1.97. The molecule has 132 valence electrons. The zero-order valence-corrected chi connectivity index (χ0v) is 18.7. The van der Waals surface area contributed by atoms with Gasteiger partial charge in [0, 0.05) is 25.9 Å². The molecule has 0 atom stereocenters. The second-order valence-corrected chi connectivity index (χ2v) is 17.7. The average Bonchev–Trinajstić information content (AvgIpc) is 2.38. The lowest BCUT2D eigenvalue weighted by Crippen LogP contribution is -2.47. The van der Waals surface area contributed by atoms with E-state index in [0.29, 0.717) is 19.8 Å². The average molecular weight is 365 g/mol. The molecule has 0 aromatic rings. The van der Waals surface area contributed by atoms with Crippen LogP contribution in [0.4, 0.5) is 0 Å². The van der Waals surface area contributed by atoms with Gasteiger partial charge in [0.05, 0.1) is 0 Å². The van der Waals surface area contributed by atoms with Gasteiger partial charge < -0.3 is 17.4 Å². The predicted molar refractivity (Wildman–Crippen MR) is 101 cm³/mol. The molecule has 7 heteroatoms. The molecule has 0 N–H and O–H groups in total. The third-order valence-corrected chi connectivity index (χ3v) is 13.4. The van der Waals surface area contributed by atoms with Gasteiger partial charge in [-0.3, -0.25) is 0 Å². The van der Waals surface area contributed by atoms with Crippen LogP contribution < -0.4 is 0 Å². The first-order chi connectivity index (χ1) is 10.2. The Bertz CT molecular complexity index is 305. The summed E-state index contributed by atoms with van der Waals surface area (Å²) in [5.41, 5.74) is 2.02. The Morgan fingerprint density at radius 2 is 1.27 bits per heavy atom. The highest BCUT2D eigenvalue weighted by Gasteiger charge is 2.41. The van der Waals surface area contributed by atoms with Gasteiger partial charge >= 0.3 is 8.80 Å². The zero-order chi connectivity index (χ0) is 17.3. The van der Waals surface area contributed by atoms with Crippen LogP contribution in [0.3, 0.4) is 0 Å². The van der Waals surface area contributed by atoms with E-state index in [1.165, 1.54) is 0 Å². The highest BCUT2D eigenvalue weighted by molar-refractivity contribution is 6.87. The van der Waals surface area contributed by atoms with Gasteiger partial charge in [-0.05, 0) is 59.4 Å². The normalized spacial score (nSPS) is 13.4. The van der Waals surface area contributed by atoms with Crippen molar-refractivity contribution in [2.24, 2.45) is 0 Å². The van der Waals surface area contributed by atoms with Crippen LogP contribution in [0.1, 0.15) is 27.2 Å². The van der Waals surface area contributed by atoms with Crippen LogP contribution in [-0.4, -0.2) is 45.3 Å². The van der Waals surface area contributed by atoms with Crippen molar-refractivity contribution in [1.82, 2.24) is 0 Å². The van der Waals surface area contributed by atoms with Gasteiger partial charge in [0.2, 0.25) is 0 Å². The van der Waals surface area contributed by atoms with Gasteiger partial charge in [-0.25, -0.2) is 0 Å². The predicted octanol–water partition coefficient (Wildman–Crippen LogP) is 4.58. The molecule has 0 rings (SSSR count). The first kappa shape index (κ1) is 22.2. The third kappa shape index (κ3) is 8.76. The van der Waals surface area contributed by atoms with Crippen molar-refractivity contribution in [3.63, 3.8) is 0 Å². The topological polar surface area (TPSA) is 36.9 Å². The molecule has 22 heavy (non-hydrogen) atoms. The van der Waals surface area contributed by atoms with E-state index in [4.69, 9.17) is 17.4 Å². The second kappa shape index (κ2) is 10.2. The monoisotopic (exact) mass is 364 g/mol. The molecule has 0 aromatic carbocycles. The summed E-state index contributed by atoms with van der Waals surface area (Å²) in [5, 5.41) is 0. The second-order valence-electron chi connectivity index (χ2n) is 6.50. The Morgan fingerprint density at radius 3 is 1.64 bits per heavy atom. The highest BCUT2D eigenvalue weighted by atomic mass is 28.4. The standard InChI is InChI=1S/C15H36O4Si3/c1-9-16-22(17-10-2,18-11-3)15-13-14-21(7,8)19-20(5,6)12-4/h12H,4,9-11,13-15H2,1-3,5-8H3. The summed E-state index contributed by atoms with van der Waals surface area (Å²) in [6.45, 7) is 20.8. The van der Waals surface area contributed by atoms with Crippen molar-refractivity contribution >= 4 is 25.4 Å². The Kier molecular flexibility index (Phi) is 10.3. The van der Waals surface area contributed by atoms with Crippen molar-refractivity contribution in [3.8, 4) is 0 Å². The summed E-state index contributed by atoms with van der Waals surface area (Å²) in [5.74, 6) is 0. The zero-order valence-electron chi connectivity index (χ0n) is 15.7. The molecule has 4 nitrogen and oxygen atoms in total. The van der Waals surface area contributed by atoms with Gasteiger partial charge in [0.1, 0.15) is 0 Å². The molecular weight excluding hydrogens is 328 g/mol. The minimum absolute atomic E-state index is 0.639. The lowest BCUT2D eigenvalue weighted by molar-refractivity contribution is 0.0711. The van der Waals surface area contributed by atoms with Crippen LogP contribution in [0.25, 0.3) is 0 Å². The number of rotatable bonds is 13. The van der Waals surface area contributed by atoms with E-state index in [1.54, 1.807) is 0 Å². The largest absolute Gasteiger partial charge is 0.500 e. The molecule has 0 fully saturated rings. The maximum absolute atomic E-state index is 6.42. The van der Waals surface area contributed by atoms with Crippen LogP contribution in [0.15, 0.2) is 12.3 Å². The molecule has 0 aliphatic heterocycles. The lowest BCUT2D eigenvalue weighted by Gasteiger charge is -2.33. The Morgan fingerprint density at radius 1 is 0.818 bits per heavy atom. The molecule has 0 bridgehead atoms. The quantitative estimate of drug-likeness (QED) is 0.448. The van der Waals surface area contributed by atoms with Crippen LogP contribution in [0.5, 0.6) is 0 Å². The molecule has 0 aromatic heterocycles. The minimum atomic E-state index is -2.50. The van der Waals surface area contributed by atoms with Crippen molar-refractivity contribution in [2.45, 2.75) is 65.5 Å². The fourth-order valence-electron chi connectivity index (χ4n) is 2.54. The first-order valence-corrected chi connectivity index (χ1v) is 16.4. The van der Waals surface area contributed by atoms with E-state index in [0.717, 1.165) is 18.5 Å². The lowest BCUT2D eigenvalue weighted by atomic mass is 10.6. The summed E-state index contributed by atoms with van der Waals surface area (Å²) >= 11 is 0. The number of hydrogen-bond acceptors (Lipinski definition) is 4. The van der Waals surface area contributed by atoms with E-state index in [2.05, 4.69) is 32.8 Å². The fourth-order valence-corrected chi connectivity index (χ4v) is 13.0. The molecule has 0 radical (unpaired) electrons. The van der Waals surface area contributed by atoms with Gasteiger partial charge in [-0.2, -0.15) is 0 Å². The molecule has 0 aliphatic carbocycles. The van der Waals surface area contributed by atoms with Crippen molar-refractivity contribution in [3.05, 3.63) is 12.3 Å². The first-order valence-electron chi connectivity index (χ1n) is 8.41. The molecule has 0 saturated carbocycles.